The number of hydrogen-bond acceptors (Lipinski definition) is 3. The SMILES string of the molecule is CCC(O)CNC(=O)CNC(=O)c1ccccc1Cl. The Hall–Kier alpha value is -1.59. The summed E-state index contributed by atoms with van der Waals surface area (Å²) in [5.41, 5.74) is 0.325. The van der Waals surface area contributed by atoms with Crippen LogP contribution in [0.2, 0.25) is 5.02 Å². The number of halogens is 1. The smallest absolute Gasteiger partial charge is 0.253 e. The van der Waals surface area contributed by atoms with Crippen molar-refractivity contribution in [2.45, 2.75) is 19.4 Å². The third-order valence-electron chi connectivity index (χ3n) is 2.53. The van der Waals surface area contributed by atoms with Gasteiger partial charge in [0.15, 0.2) is 0 Å². The second-order valence-electron chi connectivity index (χ2n) is 4.03. The highest BCUT2D eigenvalue weighted by molar-refractivity contribution is 6.33. The molecule has 0 heterocycles. The number of carbonyl (C=O) groups is 2. The molecule has 1 aromatic rings. The van der Waals surface area contributed by atoms with Crippen molar-refractivity contribution in [3.8, 4) is 0 Å². The molecule has 1 rings (SSSR count). The number of nitrogens with one attached hydrogen (secondary N) is 2. The van der Waals surface area contributed by atoms with Crippen molar-refractivity contribution >= 4 is 23.4 Å². The van der Waals surface area contributed by atoms with Crippen LogP contribution in [0, 0.1) is 0 Å². The summed E-state index contributed by atoms with van der Waals surface area (Å²) in [6, 6.07) is 6.60. The summed E-state index contributed by atoms with van der Waals surface area (Å²) in [7, 11) is 0. The quantitative estimate of drug-likeness (QED) is 0.728. The van der Waals surface area contributed by atoms with Gasteiger partial charge in [0.2, 0.25) is 5.91 Å². The fourth-order valence-electron chi connectivity index (χ4n) is 1.34. The van der Waals surface area contributed by atoms with Gasteiger partial charge in [-0.15, -0.1) is 0 Å². The van der Waals surface area contributed by atoms with Gasteiger partial charge in [-0.25, -0.2) is 0 Å². The molecular formula is C13H17ClN2O3. The molecule has 3 N–H and O–H groups in total. The molecule has 19 heavy (non-hydrogen) atoms. The fourth-order valence-corrected chi connectivity index (χ4v) is 1.56. The topological polar surface area (TPSA) is 78.4 Å². The second-order valence-corrected chi connectivity index (χ2v) is 4.44. The number of aliphatic hydroxyl groups excluding tert-OH is 1. The number of benzene rings is 1. The molecule has 0 saturated carbocycles. The molecule has 0 aliphatic heterocycles. The zero-order valence-corrected chi connectivity index (χ0v) is 11.4. The van der Waals surface area contributed by atoms with Gasteiger partial charge in [-0.2, -0.15) is 0 Å². The van der Waals surface area contributed by atoms with Crippen LogP contribution in [0.4, 0.5) is 0 Å². The fraction of sp³-hybridized carbons (Fsp3) is 0.385. The van der Waals surface area contributed by atoms with Crippen molar-refractivity contribution < 1.29 is 14.7 Å². The first-order valence-electron chi connectivity index (χ1n) is 6.02. The average Bonchev–Trinajstić information content (AvgIpc) is 2.42. The Morgan fingerprint density at radius 1 is 1.32 bits per heavy atom. The van der Waals surface area contributed by atoms with Crippen LogP contribution in [-0.2, 0) is 4.79 Å². The van der Waals surface area contributed by atoms with E-state index in [2.05, 4.69) is 10.6 Å². The summed E-state index contributed by atoms with van der Waals surface area (Å²) in [6.07, 6.45) is -0.00470. The van der Waals surface area contributed by atoms with Gasteiger partial charge < -0.3 is 15.7 Å². The number of aliphatic hydroxyl groups is 1. The minimum absolute atomic E-state index is 0.152. The summed E-state index contributed by atoms with van der Waals surface area (Å²) >= 11 is 5.86. The molecule has 0 spiro atoms. The molecule has 2 amide bonds. The lowest BCUT2D eigenvalue weighted by Crippen LogP contribution is -2.40. The summed E-state index contributed by atoms with van der Waals surface area (Å²) in [5, 5.41) is 14.6. The van der Waals surface area contributed by atoms with E-state index in [0.29, 0.717) is 17.0 Å². The Bertz CT molecular complexity index is 451. The van der Waals surface area contributed by atoms with Gasteiger partial charge >= 0.3 is 0 Å². The predicted molar refractivity (Wildman–Crippen MR) is 73.1 cm³/mol. The van der Waals surface area contributed by atoms with Gasteiger partial charge in [0.05, 0.1) is 23.2 Å². The molecule has 1 unspecified atom stereocenters. The van der Waals surface area contributed by atoms with Gasteiger partial charge in [0.1, 0.15) is 0 Å². The first-order valence-corrected chi connectivity index (χ1v) is 6.40. The van der Waals surface area contributed by atoms with E-state index in [1.807, 2.05) is 6.92 Å². The van der Waals surface area contributed by atoms with Gasteiger partial charge in [0.25, 0.3) is 5.91 Å². The average molecular weight is 285 g/mol. The van der Waals surface area contributed by atoms with E-state index in [4.69, 9.17) is 11.6 Å². The first-order chi connectivity index (χ1) is 9.04. The summed E-state index contributed by atoms with van der Waals surface area (Å²) in [6.45, 7) is 1.84. The Labute approximate surface area is 117 Å². The van der Waals surface area contributed by atoms with Crippen LogP contribution < -0.4 is 10.6 Å². The summed E-state index contributed by atoms with van der Waals surface area (Å²) in [4.78, 5) is 23.2. The van der Waals surface area contributed by atoms with E-state index in [-0.39, 0.29) is 19.0 Å². The minimum Gasteiger partial charge on any atom is -0.391 e. The summed E-state index contributed by atoms with van der Waals surface area (Å²) < 4.78 is 0. The van der Waals surface area contributed by atoms with Crippen LogP contribution in [0.15, 0.2) is 24.3 Å². The van der Waals surface area contributed by atoms with Crippen molar-refractivity contribution in [1.82, 2.24) is 10.6 Å². The maximum Gasteiger partial charge on any atom is 0.253 e. The van der Waals surface area contributed by atoms with Crippen LogP contribution in [0.25, 0.3) is 0 Å². The molecule has 1 aromatic carbocycles. The molecule has 0 fully saturated rings. The van der Waals surface area contributed by atoms with Crippen molar-refractivity contribution in [1.29, 1.82) is 0 Å². The molecule has 0 aromatic heterocycles. The third kappa shape index (κ3) is 5.28. The van der Waals surface area contributed by atoms with E-state index >= 15 is 0 Å². The lowest BCUT2D eigenvalue weighted by atomic mass is 10.2. The van der Waals surface area contributed by atoms with Gasteiger partial charge in [0, 0.05) is 6.54 Å². The van der Waals surface area contributed by atoms with Gasteiger partial charge in [-0.05, 0) is 18.6 Å². The van der Waals surface area contributed by atoms with E-state index < -0.39 is 12.0 Å². The highest BCUT2D eigenvalue weighted by Crippen LogP contribution is 2.14. The predicted octanol–water partition coefficient (Wildman–Crippen LogP) is 0.957. The monoisotopic (exact) mass is 284 g/mol. The molecule has 0 saturated heterocycles. The summed E-state index contributed by atoms with van der Waals surface area (Å²) in [5.74, 6) is -0.760. The normalized spacial score (nSPS) is 11.7. The molecule has 5 nitrogen and oxygen atoms in total. The highest BCUT2D eigenvalue weighted by Gasteiger charge is 2.11. The molecule has 104 valence electrons. The standard InChI is InChI=1S/C13H17ClN2O3/c1-2-9(17)7-15-12(18)8-16-13(19)10-5-3-4-6-11(10)14/h3-6,9,17H,2,7-8H2,1H3,(H,15,18)(H,16,19). The molecule has 0 radical (unpaired) electrons. The zero-order valence-electron chi connectivity index (χ0n) is 10.6. The molecule has 0 bridgehead atoms. The number of carbonyl (C=O) groups excluding carboxylic acids is 2. The molecule has 0 aliphatic rings. The van der Waals surface area contributed by atoms with Gasteiger partial charge in [-0.3, -0.25) is 9.59 Å². The van der Waals surface area contributed by atoms with E-state index in [9.17, 15) is 14.7 Å². The third-order valence-corrected chi connectivity index (χ3v) is 2.86. The van der Waals surface area contributed by atoms with E-state index in [0.717, 1.165) is 0 Å². The van der Waals surface area contributed by atoms with E-state index in [1.165, 1.54) is 0 Å². The molecule has 6 heteroatoms. The van der Waals surface area contributed by atoms with Crippen molar-refractivity contribution in [2.24, 2.45) is 0 Å². The van der Waals surface area contributed by atoms with Crippen molar-refractivity contribution in [3.05, 3.63) is 34.9 Å². The molecule has 1 atom stereocenters. The van der Waals surface area contributed by atoms with Crippen LogP contribution >= 0.6 is 11.6 Å². The van der Waals surface area contributed by atoms with Crippen LogP contribution in [0.1, 0.15) is 23.7 Å². The Balaban J connectivity index is 2.38. The van der Waals surface area contributed by atoms with Gasteiger partial charge in [-0.1, -0.05) is 30.7 Å². The van der Waals surface area contributed by atoms with Crippen LogP contribution in [0.5, 0.6) is 0 Å². The van der Waals surface area contributed by atoms with Crippen LogP contribution in [0.3, 0.4) is 0 Å². The maximum atomic E-state index is 11.7. The Morgan fingerprint density at radius 2 is 2.00 bits per heavy atom. The maximum absolute atomic E-state index is 11.7. The lowest BCUT2D eigenvalue weighted by Gasteiger charge is -2.10. The second kappa shape index (κ2) is 7.76. The van der Waals surface area contributed by atoms with Crippen molar-refractivity contribution in [2.75, 3.05) is 13.1 Å². The largest absolute Gasteiger partial charge is 0.391 e. The lowest BCUT2D eigenvalue weighted by molar-refractivity contribution is -0.120. The first kappa shape index (κ1) is 15.5. The number of rotatable bonds is 6. The zero-order chi connectivity index (χ0) is 14.3. The van der Waals surface area contributed by atoms with Crippen molar-refractivity contribution in [3.63, 3.8) is 0 Å². The highest BCUT2D eigenvalue weighted by atomic mass is 35.5. The Morgan fingerprint density at radius 3 is 2.63 bits per heavy atom. The Kier molecular flexibility index (Phi) is 6.32. The molecule has 0 aliphatic carbocycles. The molecular weight excluding hydrogens is 268 g/mol. The number of amides is 2. The number of hydrogen-bond donors (Lipinski definition) is 3. The van der Waals surface area contributed by atoms with Crippen LogP contribution in [-0.4, -0.2) is 36.1 Å². The van der Waals surface area contributed by atoms with E-state index in [1.54, 1.807) is 24.3 Å². The minimum atomic E-state index is -0.566.